The number of nitrogens with two attached hydrogens (primary N) is 1. The number of carbonyl (C=O) groups is 1. The fourth-order valence-electron chi connectivity index (χ4n) is 2.15. The minimum Gasteiger partial charge on any atom is -0.452 e. The van der Waals surface area contributed by atoms with Gasteiger partial charge >= 0.3 is 6.09 Å². The lowest BCUT2D eigenvalue weighted by molar-refractivity contribution is 0.172. The number of amides is 1. The first-order valence-electron chi connectivity index (χ1n) is 6.49. The van der Waals surface area contributed by atoms with Crippen LogP contribution >= 0.6 is 0 Å². The standard InChI is InChI=1S/C14H21N3O2/c1-14(2,3)17(13(18)19-4)10-7-8-11(15)16-12(10)9-5-6-9/h7-9H,5-6H2,1-4H3,(H2,15,16). The molecule has 104 valence electrons. The molecule has 0 saturated heterocycles. The van der Waals surface area contributed by atoms with Gasteiger partial charge in [0.05, 0.1) is 18.5 Å². The normalized spacial score (nSPS) is 15.2. The molecule has 1 aromatic heterocycles. The van der Waals surface area contributed by atoms with Crippen molar-refractivity contribution in [1.82, 2.24) is 4.98 Å². The lowest BCUT2D eigenvalue weighted by Crippen LogP contribution is -2.46. The molecule has 5 nitrogen and oxygen atoms in total. The largest absolute Gasteiger partial charge is 0.452 e. The van der Waals surface area contributed by atoms with E-state index in [4.69, 9.17) is 10.5 Å². The molecule has 0 atom stereocenters. The highest BCUT2D eigenvalue weighted by Gasteiger charge is 2.35. The number of aromatic nitrogens is 1. The minimum atomic E-state index is -0.380. The number of hydrogen-bond donors (Lipinski definition) is 1. The molecule has 5 heteroatoms. The van der Waals surface area contributed by atoms with Crippen LogP contribution in [0.1, 0.15) is 45.2 Å². The van der Waals surface area contributed by atoms with Crippen molar-refractivity contribution in [2.24, 2.45) is 0 Å². The number of carbonyl (C=O) groups excluding carboxylic acids is 1. The van der Waals surface area contributed by atoms with Gasteiger partial charge in [0.2, 0.25) is 0 Å². The maximum absolute atomic E-state index is 12.1. The molecule has 0 unspecified atom stereocenters. The Hall–Kier alpha value is -1.78. The fourth-order valence-corrected chi connectivity index (χ4v) is 2.15. The molecule has 1 heterocycles. The summed E-state index contributed by atoms with van der Waals surface area (Å²) in [7, 11) is 1.39. The van der Waals surface area contributed by atoms with Crippen LogP contribution < -0.4 is 10.6 Å². The van der Waals surface area contributed by atoms with Crippen LogP contribution in [0.5, 0.6) is 0 Å². The molecule has 1 aromatic rings. The van der Waals surface area contributed by atoms with E-state index in [9.17, 15) is 4.79 Å². The highest BCUT2D eigenvalue weighted by atomic mass is 16.5. The molecular weight excluding hydrogens is 242 g/mol. The Morgan fingerprint density at radius 3 is 2.53 bits per heavy atom. The maximum atomic E-state index is 12.1. The van der Waals surface area contributed by atoms with E-state index in [1.807, 2.05) is 26.8 Å². The summed E-state index contributed by atoms with van der Waals surface area (Å²) in [6, 6.07) is 3.58. The van der Waals surface area contributed by atoms with Gasteiger partial charge in [-0.2, -0.15) is 0 Å². The Balaban J connectivity index is 2.50. The lowest BCUT2D eigenvalue weighted by Gasteiger charge is -2.35. The number of anilines is 2. The highest BCUT2D eigenvalue weighted by Crippen LogP contribution is 2.44. The summed E-state index contributed by atoms with van der Waals surface area (Å²) in [5.74, 6) is 0.900. The number of methoxy groups -OCH3 is 1. The van der Waals surface area contributed by atoms with Crippen LogP contribution in [-0.4, -0.2) is 23.7 Å². The summed E-state index contributed by atoms with van der Waals surface area (Å²) < 4.78 is 4.91. The summed E-state index contributed by atoms with van der Waals surface area (Å²) in [6.07, 6.45) is 1.83. The number of pyridine rings is 1. The molecule has 0 aliphatic heterocycles. The van der Waals surface area contributed by atoms with Crippen LogP contribution in [0.2, 0.25) is 0 Å². The van der Waals surface area contributed by atoms with Crippen molar-refractivity contribution >= 4 is 17.6 Å². The van der Waals surface area contributed by atoms with Crippen LogP contribution in [-0.2, 0) is 4.74 Å². The van der Waals surface area contributed by atoms with Crippen molar-refractivity contribution < 1.29 is 9.53 Å². The Morgan fingerprint density at radius 1 is 1.42 bits per heavy atom. The third-order valence-electron chi connectivity index (χ3n) is 3.16. The van der Waals surface area contributed by atoms with E-state index in [0.717, 1.165) is 24.2 Å². The number of nitrogens with zero attached hydrogens (tertiary/aromatic N) is 2. The Morgan fingerprint density at radius 2 is 2.05 bits per heavy atom. The van der Waals surface area contributed by atoms with Crippen molar-refractivity contribution in [3.8, 4) is 0 Å². The first-order chi connectivity index (χ1) is 8.84. The van der Waals surface area contributed by atoms with E-state index in [1.54, 1.807) is 11.0 Å². The zero-order chi connectivity index (χ0) is 14.2. The quantitative estimate of drug-likeness (QED) is 0.890. The zero-order valence-electron chi connectivity index (χ0n) is 11.9. The molecule has 19 heavy (non-hydrogen) atoms. The Kier molecular flexibility index (Phi) is 3.39. The predicted octanol–water partition coefficient (Wildman–Crippen LogP) is 2.91. The van der Waals surface area contributed by atoms with Gasteiger partial charge in [-0.25, -0.2) is 9.78 Å². The second kappa shape index (κ2) is 4.72. The van der Waals surface area contributed by atoms with E-state index >= 15 is 0 Å². The van der Waals surface area contributed by atoms with Gasteiger partial charge in [-0.15, -0.1) is 0 Å². The second-order valence-corrected chi connectivity index (χ2v) is 5.89. The molecule has 0 radical (unpaired) electrons. The third kappa shape index (κ3) is 2.80. The lowest BCUT2D eigenvalue weighted by atomic mass is 10.0. The number of ether oxygens (including phenoxy) is 1. The SMILES string of the molecule is COC(=O)N(c1ccc(N)nc1C1CC1)C(C)(C)C. The van der Waals surface area contributed by atoms with Crippen LogP contribution in [0.15, 0.2) is 12.1 Å². The van der Waals surface area contributed by atoms with Crippen molar-refractivity contribution in [2.45, 2.75) is 45.1 Å². The average molecular weight is 263 g/mol. The Bertz CT molecular complexity index is 490. The van der Waals surface area contributed by atoms with E-state index < -0.39 is 0 Å². The van der Waals surface area contributed by atoms with Gasteiger partial charge in [0.15, 0.2) is 0 Å². The monoisotopic (exact) mass is 263 g/mol. The van der Waals surface area contributed by atoms with Gasteiger partial charge < -0.3 is 10.5 Å². The number of rotatable bonds is 2. The maximum Gasteiger partial charge on any atom is 0.414 e. The number of hydrogen-bond acceptors (Lipinski definition) is 4. The first kappa shape index (κ1) is 13.6. The first-order valence-corrected chi connectivity index (χ1v) is 6.49. The van der Waals surface area contributed by atoms with E-state index in [-0.39, 0.29) is 11.6 Å². The molecule has 1 aliphatic rings. The van der Waals surface area contributed by atoms with Gasteiger partial charge in [-0.3, -0.25) is 4.90 Å². The third-order valence-corrected chi connectivity index (χ3v) is 3.16. The summed E-state index contributed by atoms with van der Waals surface area (Å²) >= 11 is 0. The molecule has 2 N–H and O–H groups in total. The molecule has 1 amide bonds. The summed E-state index contributed by atoms with van der Waals surface area (Å²) in [6.45, 7) is 5.91. The summed E-state index contributed by atoms with van der Waals surface area (Å²) in [5.41, 5.74) is 7.09. The molecule has 0 aromatic carbocycles. The minimum absolute atomic E-state index is 0.374. The van der Waals surface area contributed by atoms with Crippen LogP contribution in [0.4, 0.5) is 16.3 Å². The average Bonchev–Trinajstić information content (AvgIpc) is 3.13. The smallest absolute Gasteiger partial charge is 0.414 e. The van der Waals surface area contributed by atoms with Crippen molar-refractivity contribution in [1.29, 1.82) is 0 Å². The molecule has 0 spiro atoms. The Labute approximate surface area is 113 Å². The molecule has 1 saturated carbocycles. The van der Waals surface area contributed by atoms with E-state index in [1.165, 1.54) is 7.11 Å². The zero-order valence-corrected chi connectivity index (χ0v) is 11.9. The molecule has 1 fully saturated rings. The molecule has 2 rings (SSSR count). The predicted molar refractivity (Wildman–Crippen MR) is 75.3 cm³/mol. The van der Waals surface area contributed by atoms with Crippen LogP contribution in [0.3, 0.4) is 0 Å². The van der Waals surface area contributed by atoms with Gasteiger partial charge in [-0.05, 0) is 45.7 Å². The fraction of sp³-hybridized carbons (Fsp3) is 0.571. The summed E-state index contributed by atoms with van der Waals surface area (Å²) in [5, 5.41) is 0. The van der Waals surface area contributed by atoms with E-state index in [0.29, 0.717) is 11.7 Å². The van der Waals surface area contributed by atoms with Gasteiger partial charge in [0, 0.05) is 11.5 Å². The topological polar surface area (TPSA) is 68.5 Å². The van der Waals surface area contributed by atoms with Crippen molar-refractivity contribution in [3.05, 3.63) is 17.8 Å². The molecule has 0 bridgehead atoms. The van der Waals surface area contributed by atoms with Crippen molar-refractivity contribution in [3.63, 3.8) is 0 Å². The van der Waals surface area contributed by atoms with Gasteiger partial charge in [0.25, 0.3) is 0 Å². The number of nitrogen functional groups attached to an aromatic ring is 1. The van der Waals surface area contributed by atoms with E-state index in [2.05, 4.69) is 4.98 Å². The summed E-state index contributed by atoms with van der Waals surface area (Å²) in [4.78, 5) is 18.1. The van der Waals surface area contributed by atoms with Gasteiger partial charge in [0.1, 0.15) is 5.82 Å². The van der Waals surface area contributed by atoms with Crippen LogP contribution in [0.25, 0.3) is 0 Å². The molecular formula is C14H21N3O2. The second-order valence-electron chi connectivity index (χ2n) is 5.89. The highest BCUT2D eigenvalue weighted by molar-refractivity contribution is 5.90. The molecule has 1 aliphatic carbocycles. The van der Waals surface area contributed by atoms with Crippen LogP contribution in [0, 0.1) is 0 Å². The van der Waals surface area contributed by atoms with Crippen molar-refractivity contribution in [2.75, 3.05) is 17.7 Å². The van der Waals surface area contributed by atoms with Gasteiger partial charge in [-0.1, -0.05) is 0 Å².